The van der Waals surface area contributed by atoms with E-state index in [0.717, 1.165) is 29.8 Å². The number of carbonyl (C=O) groups is 1. The van der Waals surface area contributed by atoms with Crippen molar-refractivity contribution in [1.82, 2.24) is 9.71 Å². The lowest BCUT2D eigenvalue weighted by Crippen LogP contribution is -2.28. The highest BCUT2D eigenvalue weighted by atomic mass is 35.5. The number of hydrogen-bond acceptors (Lipinski definition) is 4. The zero-order valence-corrected chi connectivity index (χ0v) is 18.1. The second kappa shape index (κ2) is 12.0. The Hall–Kier alpha value is -2.17. The SMILES string of the molecule is Cl.O=C(O)CCCCCC(CNS(=O)(=O)c1ccc(C(F)(F)F)cc1)c1cccnc1. The zero-order chi connectivity index (χ0) is 22.2. The predicted molar refractivity (Wildman–Crippen MR) is 112 cm³/mol. The molecule has 0 aliphatic rings. The molecule has 0 spiro atoms. The lowest BCUT2D eigenvalue weighted by Gasteiger charge is -2.18. The van der Waals surface area contributed by atoms with Crippen molar-refractivity contribution < 1.29 is 31.5 Å². The average molecular weight is 481 g/mol. The topological polar surface area (TPSA) is 96.4 Å². The molecule has 2 rings (SSSR count). The smallest absolute Gasteiger partial charge is 0.416 e. The summed E-state index contributed by atoms with van der Waals surface area (Å²) in [6.07, 6.45) is 1.31. The molecule has 1 aromatic carbocycles. The van der Waals surface area contributed by atoms with Crippen LogP contribution in [0.2, 0.25) is 0 Å². The molecule has 1 heterocycles. The molecule has 2 aromatic rings. The number of carboxylic acids is 1. The van der Waals surface area contributed by atoms with Crippen LogP contribution in [-0.4, -0.2) is 31.0 Å². The lowest BCUT2D eigenvalue weighted by atomic mass is 9.94. The van der Waals surface area contributed by atoms with Crippen molar-refractivity contribution >= 4 is 28.4 Å². The van der Waals surface area contributed by atoms with Gasteiger partial charge in [-0.05, 0) is 54.7 Å². The van der Waals surface area contributed by atoms with E-state index < -0.39 is 27.7 Å². The molecular weight excluding hydrogens is 457 g/mol. The second-order valence-corrected chi connectivity index (χ2v) is 8.62. The minimum Gasteiger partial charge on any atom is -0.481 e. The quantitative estimate of drug-likeness (QED) is 0.457. The van der Waals surface area contributed by atoms with Crippen LogP contribution >= 0.6 is 12.4 Å². The predicted octanol–water partition coefficient (Wildman–Crippen LogP) is 4.62. The van der Waals surface area contributed by atoms with Gasteiger partial charge < -0.3 is 5.11 Å². The van der Waals surface area contributed by atoms with Crippen LogP contribution in [0.4, 0.5) is 13.2 Å². The van der Waals surface area contributed by atoms with Crippen LogP contribution in [0.15, 0.2) is 53.7 Å². The Morgan fingerprint density at radius 3 is 2.32 bits per heavy atom. The molecule has 0 amide bonds. The molecule has 1 aromatic heterocycles. The van der Waals surface area contributed by atoms with Crippen molar-refractivity contribution in [2.75, 3.05) is 6.54 Å². The third kappa shape index (κ3) is 8.84. The van der Waals surface area contributed by atoms with Gasteiger partial charge in [0.15, 0.2) is 0 Å². The highest BCUT2D eigenvalue weighted by molar-refractivity contribution is 7.89. The van der Waals surface area contributed by atoms with E-state index >= 15 is 0 Å². The van der Waals surface area contributed by atoms with Gasteiger partial charge in [-0.2, -0.15) is 13.2 Å². The minimum absolute atomic E-state index is 0. The average Bonchev–Trinajstić information content (AvgIpc) is 2.70. The van der Waals surface area contributed by atoms with E-state index in [2.05, 4.69) is 9.71 Å². The Balaban J connectivity index is 0.00000480. The Morgan fingerprint density at radius 2 is 1.77 bits per heavy atom. The molecule has 6 nitrogen and oxygen atoms in total. The maximum Gasteiger partial charge on any atom is 0.416 e. The third-order valence-corrected chi connectivity index (χ3v) is 6.05. The number of benzene rings is 1. The van der Waals surface area contributed by atoms with Crippen molar-refractivity contribution in [2.45, 2.75) is 49.1 Å². The van der Waals surface area contributed by atoms with Crippen LogP contribution in [0.1, 0.15) is 49.1 Å². The highest BCUT2D eigenvalue weighted by Gasteiger charge is 2.30. The van der Waals surface area contributed by atoms with Gasteiger partial charge in [-0.3, -0.25) is 9.78 Å². The minimum atomic E-state index is -4.54. The summed E-state index contributed by atoms with van der Waals surface area (Å²) < 4.78 is 65.5. The number of carboxylic acid groups (broad SMARTS) is 1. The van der Waals surface area contributed by atoms with Crippen molar-refractivity contribution in [3.63, 3.8) is 0 Å². The number of nitrogens with one attached hydrogen (secondary N) is 1. The van der Waals surface area contributed by atoms with Crippen LogP contribution in [0.3, 0.4) is 0 Å². The zero-order valence-electron chi connectivity index (χ0n) is 16.5. The summed E-state index contributed by atoms with van der Waals surface area (Å²) in [6, 6.07) is 6.87. The number of alkyl halides is 3. The lowest BCUT2D eigenvalue weighted by molar-refractivity contribution is -0.138. The number of aliphatic carboxylic acids is 1. The fourth-order valence-corrected chi connectivity index (χ4v) is 4.05. The van der Waals surface area contributed by atoms with Gasteiger partial charge in [0.25, 0.3) is 0 Å². The van der Waals surface area contributed by atoms with Crippen molar-refractivity contribution in [3.8, 4) is 0 Å². The number of sulfonamides is 1. The van der Waals surface area contributed by atoms with Gasteiger partial charge in [-0.1, -0.05) is 18.9 Å². The number of hydrogen-bond donors (Lipinski definition) is 2. The number of rotatable bonds is 11. The Morgan fingerprint density at radius 1 is 1.10 bits per heavy atom. The van der Waals surface area contributed by atoms with E-state index in [4.69, 9.17) is 5.11 Å². The number of unbranched alkanes of at least 4 members (excludes halogenated alkanes) is 2. The maximum atomic E-state index is 12.7. The molecule has 0 aliphatic heterocycles. The molecule has 11 heteroatoms. The molecule has 2 N–H and O–H groups in total. The Labute approximate surface area is 185 Å². The number of pyridine rings is 1. The molecule has 0 saturated carbocycles. The fourth-order valence-electron chi connectivity index (χ4n) is 2.96. The third-order valence-electron chi connectivity index (χ3n) is 4.61. The van der Waals surface area contributed by atoms with E-state index in [1.807, 2.05) is 6.07 Å². The molecule has 172 valence electrons. The van der Waals surface area contributed by atoms with Crippen LogP contribution in [0.5, 0.6) is 0 Å². The van der Waals surface area contributed by atoms with E-state index in [1.165, 1.54) is 0 Å². The summed E-state index contributed by atoms with van der Waals surface area (Å²) in [5, 5.41) is 8.70. The monoisotopic (exact) mass is 480 g/mol. The normalized spacial score (nSPS) is 12.7. The molecule has 0 aliphatic carbocycles. The molecule has 0 bridgehead atoms. The number of aromatic nitrogens is 1. The summed E-state index contributed by atoms with van der Waals surface area (Å²) >= 11 is 0. The van der Waals surface area contributed by atoms with Crippen molar-refractivity contribution in [3.05, 3.63) is 59.9 Å². The maximum absolute atomic E-state index is 12.7. The van der Waals surface area contributed by atoms with Crippen LogP contribution in [-0.2, 0) is 21.0 Å². The molecular formula is C20H24ClF3N2O4S. The number of halogens is 4. The molecule has 0 radical (unpaired) electrons. The Kier molecular flexibility index (Phi) is 10.4. The van der Waals surface area contributed by atoms with Crippen LogP contribution < -0.4 is 4.72 Å². The van der Waals surface area contributed by atoms with Crippen molar-refractivity contribution in [1.29, 1.82) is 0 Å². The number of nitrogens with zero attached hydrogens (tertiary/aromatic N) is 1. The van der Waals surface area contributed by atoms with Gasteiger partial charge in [0, 0.05) is 25.4 Å². The Bertz CT molecular complexity index is 924. The fraction of sp³-hybridized carbons (Fsp3) is 0.400. The largest absolute Gasteiger partial charge is 0.481 e. The van der Waals surface area contributed by atoms with E-state index in [1.54, 1.807) is 18.5 Å². The van der Waals surface area contributed by atoms with E-state index in [-0.39, 0.29) is 36.2 Å². The van der Waals surface area contributed by atoms with E-state index in [9.17, 15) is 26.4 Å². The molecule has 31 heavy (non-hydrogen) atoms. The van der Waals surface area contributed by atoms with E-state index in [0.29, 0.717) is 25.7 Å². The van der Waals surface area contributed by atoms with Crippen molar-refractivity contribution in [2.24, 2.45) is 0 Å². The standard InChI is InChI=1S/C20H23F3N2O4S.ClH/c21-20(22,23)17-8-10-18(11-9-17)30(28,29)25-14-16(15-6-4-12-24-13-15)5-2-1-3-7-19(26)27;/h4,6,8-13,16,25H,1-3,5,7,14H2,(H,26,27);1H. The second-order valence-electron chi connectivity index (χ2n) is 6.85. The first-order chi connectivity index (χ1) is 14.1. The summed E-state index contributed by atoms with van der Waals surface area (Å²) in [4.78, 5) is 14.4. The van der Waals surface area contributed by atoms with Gasteiger partial charge in [0.05, 0.1) is 10.5 Å². The van der Waals surface area contributed by atoms with Crippen LogP contribution in [0, 0.1) is 0 Å². The molecule has 1 atom stereocenters. The van der Waals surface area contributed by atoms with Gasteiger partial charge in [-0.25, -0.2) is 13.1 Å². The first-order valence-electron chi connectivity index (χ1n) is 9.38. The van der Waals surface area contributed by atoms with Gasteiger partial charge in [-0.15, -0.1) is 12.4 Å². The molecule has 0 saturated heterocycles. The molecule has 1 unspecified atom stereocenters. The summed E-state index contributed by atoms with van der Waals surface area (Å²) in [5.41, 5.74) is -0.0955. The van der Waals surface area contributed by atoms with Gasteiger partial charge in [0.1, 0.15) is 0 Å². The molecule has 0 fully saturated rings. The summed E-state index contributed by atoms with van der Waals surface area (Å²) in [5.74, 6) is -1.06. The highest BCUT2D eigenvalue weighted by Crippen LogP contribution is 2.30. The van der Waals surface area contributed by atoms with Gasteiger partial charge >= 0.3 is 12.1 Å². The summed E-state index contributed by atoms with van der Waals surface area (Å²) in [6.45, 7) is 0.0496. The van der Waals surface area contributed by atoms with Crippen LogP contribution in [0.25, 0.3) is 0 Å². The first kappa shape index (κ1) is 26.9. The summed E-state index contributed by atoms with van der Waals surface area (Å²) in [7, 11) is -3.99. The first-order valence-corrected chi connectivity index (χ1v) is 10.9. The van der Waals surface area contributed by atoms with Gasteiger partial charge in [0.2, 0.25) is 10.0 Å².